The molecule has 0 amide bonds. The molecule has 0 saturated heterocycles. The van der Waals surface area contributed by atoms with E-state index >= 15 is 0 Å². The highest BCUT2D eigenvalue weighted by atomic mass is 19.4. The number of hydrogen-bond donors (Lipinski definition) is 0. The first kappa shape index (κ1) is 21.0. The van der Waals surface area contributed by atoms with Crippen molar-refractivity contribution < 1.29 is 30.7 Å². The van der Waals surface area contributed by atoms with Crippen LogP contribution in [0.25, 0.3) is 0 Å². The Kier molecular flexibility index (Phi) is 6.61. The summed E-state index contributed by atoms with van der Waals surface area (Å²) in [4.78, 5) is 0. The fourth-order valence-electron chi connectivity index (χ4n) is 4.00. The molecule has 2 aliphatic carbocycles. The molecule has 0 bridgehead atoms. The van der Waals surface area contributed by atoms with E-state index in [1.807, 2.05) is 19.9 Å². The highest BCUT2D eigenvalue weighted by Crippen LogP contribution is 2.50. The van der Waals surface area contributed by atoms with Crippen molar-refractivity contribution >= 4 is 0 Å². The molecular formula is C19H23F7. The summed E-state index contributed by atoms with van der Waals surface area (Å²) < 4.78 is 94.6. The van der Waals surface area contributed by atoms with Crippen molar-refractivity contribution in [1.82, 2.24) is 0 Å². The van der Waals surface area contributed by atoms with E-state index in [1.165, 1.54) is 11.6 Å². The third kappa shape index (κ3) is 4.01. The van der Waals surface area contributed by atoms with Crippen LogP contribution in [-0.2, 0) is 0 Å². The van der Waals surface area contributed by atoms with E-state index in [4.69, 9.17) is 0 Å². The molecule has 0 spiro atoms. The van der Waals surface area contributed by atoms with E-state index in [2.05, 4.69) is 0 Å². The summed E-state index contributed by atoms with van der Waals surface area (Å²) in [7, 11) is 0. The van der Waals surface area contributed by atoms with Crippen molar-refractivity contribution in [3.05, 3.63) is 35.5 Å². The molecule has 2 aliphatic rings. The fraction of sp³-hybridized carbons (Fsp3) is 0.684. The highest BCUT2D eigenvalue weighted by Gasteiger charge is 2.58. The van der Waals surface area contributed by atoms with E-state index in [1.54, 1.807) is 6.08 Å². The Morgan fingerprint density at radius 3 is 2.19 bits per heavy atom. The largest absolute Gasteiger partial charge is 0.401 e. The van der Waals surface area contributed by atoms with Gasteiger partial charge in [-0.3, -0.25) is 0 Å². The zero-order valence-corrected chi connectivity index (χ0v) is 14.7. The minimum atomic E-state index is -5.37. The standard InChI is InChI=1S/C19H23F7/c1-3-5-10(4-2)11-6-8-12(9-7-11)13-15(20)17(22)14(19(24,25)26)18(23)16(13)21/h4,6,8,11-15,17H,3,5,7,9H2,1-2H3/b10-4+/t11?,12?,13?,14?,15?,17-/m1/s1. The SMILES string of the molecule is C/C=C(\CCC)C1C=CC(C2C(F)=C(F)C(C(F)(F)F)[C@@H](F)C2F)CC1. The summed E-state index contributed by atoms with van der Waals surface area (Å²) in [5.41, 5.74) is 1.17. The van der Waals surface area contributed by atoms with E-state index < -0.39 is 47.9 Å². The quantitative estimate of drug-likeness (QED) is 0.363. The minimum Gasteiger partial charge on any atom is -0.243 e. The first-order valence-electron chi connectivity index (χ1n) is 8.86. The zero-order valence-electron chi connectivity index (χ0n) is 14.7. The third-order valence-corrected chi connectivity index (χ3v) is 5.36. The lowest BCUT2D eigenvalue weighted by Crippen LogP contribution is -2.47. The summed E-state index contributed by atoms with van der Waals surface area (Å²) >= 11 is 0. The van der Waals surface area contributed by atoms with Gasteiger partial charge in [-0.05, 0) is 38.0 Å². The van der Waals surface area contributed by atoms with Crippen molar-refractivity contribution in [2.24, 2.45) is 23.7 Å². The van der Waals surface area contributed by atoms with Crippen molar-refractivity contribution in [2.45, 2.75) is 58.1 Å². The highest BCUT2D eigenvalue weighted by molar-refractivity contribution is 5.24. The molecule has 0 aromatic heterocycles. The normalized spacial score (nSPS) is 36.6. The average molecular weight is 384 g/mol. The summed E-state index contributed by atoms with van der Waals surface area (Å²) in [6.45, 7) is 3.92. The fourth-order valence-corrected chi connectivity index (χ4v) is 4.00. The molecule has 0 N–H and O–H groups in total. The molecule has 7 heteroatoms. The van der Waals surface area contributed by atoms with Gasteiger partial charge in [0, 0.05) is 0 Å². The van der Waals surface area contributed by atoms with Crippen LogP contribution < -0.4 is 0 Å². The summed E-state index contributed by atoms with van der Waals surface area (Å²) in [5.74, 6) is -10.0. The molecule has 0 saturated carbocycles. The van der Waals surface area contributed by atoms with Gasteiger partial charge >= 0.3 is 6.18 Å². The topological polar surface area (TPSA) is 0 Å². The van der Waals surface area contributed by atoms with Gasteiger partial charge in [0.15, 0.2) is 0 Å². The Bertz CT molecular complexity index is 587. The Morgan fingerprint density at radius 1 is 1.08 bits per heavy atom. The number of alkyl halides is 5. The van der Waals surface area contributed by atoms with Gasteiger partial charge in [-0.25, -0.2) is 17.6 Å². The smallest absolute Gasteiger partial charge is 0.243 e. The maximum Gasteiger partial charge on any atom is 0.401 e. The zero-order chi connectivity index (χ0) is 19.6. The Labute approximate surface area is 148 Å². The maximum absolute atomic E-state index is 14.3. The lowest BCUT2D eigenvalue weighted by atomic mass is 9.71. The van der Waals surface area contributed by atoms with Crippen LogP contribution in [0.4, 0.5) is 30.7 Å². The van der Waals surface area contributed by atoms with Gasteiger partial charge in [0.2, 0.25) is 0 Å². The predicted molar refractivity (Wildman–Crippen MR) is 86.1 cm³/mol. The van der Waals surface area contributed by atoms with Crippen LogP contribution in [0.15, 0.2) is 35.5 Å². The van der Waals surface area contributed by atoms with Crippen LogP contribution in [-0.4, -0.2) is 18.5 Å². The first-order valence-corrected chi connectivity index (χ1v) is 8.86. The molecule has 26 heavy (non-hydrogen) atoms. The van der Waals surface area contributed by atoms with Crippen molar-refractivity contribution in [1.29, 1.82) is 0 Å². The van der Waals surface area contributed by atoms with Gasteiger partial charge in [-0.2, -0.15) is 13.2 Å². The molecule has 148 valence electrons. The Morgan fingerprint density at radius 2 is 1.73 bits per heavy atom. The third-order valence-electron chi connectivity index (χ3n) is 5.36. The van der Waals surface area contributed by atoms with Gasteiger partial charge in [-0.1, -0.05) is 37.1 Å². The van der Waals surface area contributed by atoms with Gasteiger partial charge in [0.1, 0.15) is 29.9 Å². The van der Waals surface area contributed by atoms with Gasteiger partial charge in [0.05, 0.1) is 5.92 Å². The predicted octanol–water partition coefficient (Wildman–Crippen LogP) is 6.95. The molecule has 0 aliphatic heterocycles. The molecule has 0 heterocycles. The van der Waals surface area contributed by atoms with Crippen LogP contribution in [0.1, 0.15) is 39.5 Å². The summed E-state index contributed by atoms with van der Waals surface area (Å²) in [6.07, 6.45) is -3.41. The summed E-state index contributed by atoms with van der Waals surface area (Å²) in [6, 6.07) is 0. The minimum absolute atomic E-state index is 0.0823. The van der Waals surface area contributed by atoms with Gasteiger partial charge in [-0.15, -0.1) is 0 Å². The monoisotopic (exact) mass is 384 g/mol. The summed E-state index contributed by atoms with van der Waals surface area (Å²) in [5, 5.41) is 0. The molecule has 0 radical (unpaired) electrons. The molecule has 0 nitrogen and oxygen atoms in total. The Hall–Kier alpha value is -1.27. The average Bonchev–Trinajstić information content (AvgIpc) is 2.58. The van der Waals surface area contributed by atoms with Crippen molar-refractivity contribution in [3.8, 4) is 0 Å². The van der Waals surface area contributed by atoms with Gasteiger partial charge in [0.25, 0.3) is 0 Å². The van der Waals surface area contributed by atoms with Crippen LogP contribution >= 0.6 is 0 Å². The number of hydrogen-bond acceptors (Lipinski definition) is 0. The molecule has 0 fully saturated rings. The molecule has 0 aromatic rings. The van der Waals surface area contributed by atoms with Crippen molar-refractivity contribution in [3.63, 3.8) is 0 Å². The van der Waals surface area contributed by atoms with Crippen molar-refractivity contribution in [2.75, 3.05) is 0 Å². The molecule has 6 atom stereocenters. The van der Waals surface area contributed by atoms with Gasteiger partial charge < -0.3 is 0 Å². The second-order valence-electron chi connectivity index (χ2n) is 6.98. The maximum atomic E-state index is 14.3. The molecular weight excluding hydrogens is 361 g/mol. The molecule has 2 rings (SSSR count). The van der Waals surface area contributed by atoms with Crippen LogP contribution in [0, 0.1) is 23.7 Å². The second-order valence-corrected chi connectivity index (χ2v) is 6.98. The van der Waals surface area contributed by atoms with E-state index in [9.17, 15) is 30.7 Å². The van der Waals surface area contributed by atoms with E-state index in [0.29, 0.717) is 6.42 Å². The number of halogens is 7. The van der Waals surface area contributed by atoms with Crippen LogP contribution in [0.3, 0.4) is 0 Å². The number of rotatable bonds is 4. The second kappa shape index (κ2) is 8.17. The van der Waals surface area contributed by atoms with E-state index in [-0.39, 0.29) is 12.3 Å². The van der Waals surface area contributed by atoms with E-state index in [0.717, 1.165) is 12.8 Å². The molecule has 0 aromatic carbocycles. The Balaban J connectivity index is 2.26. The van der Waals surface area contributed by atoms with Crippen LogP contribution in [0.5, 0.6) is 0 Å². The number of allylic oxidation sites excluding steroid dienone is 6. The molecule has 5 unspecified atom stereocenters. The lowest BCUT2D eigenvalue weighted by Gasteiger charge is -2.38. The first-order chi connectivity index (χ1) is 12.1. The lowest BCUT2D eigenvalue weighted by molar-refractivity contribution is -0.197. The van der Waals surface area contributed by atoms with Crippen LogP contribution in [0.2, 0.25) is 0 Å².